The van der Waals surface area contributed by atoms with Gasteiger partial charge in [-0.15, -0.1) is 0 Å². The molecule has 0 radical (unpaired) electrons. The first-order valence-electron chi connectivity index (χ1n) is 5.67. The quantitative estimate of drug-likeness (QED) is 0.563. The first-order valence-corrected chi connectivity index (χ1v) is 5.67. The van der Waals surface area contributed by atoms with E-state index in [9.17, 15) is 14.9 Å². The van der Waals surface area contributed by atoms with Crippen LogP contribution in [0.25, 0.3) is 0 Å². The standard InChI is InChI=1S/C11H17N3O3/c1-4-10(15)6-5-7-13-9(3)11(14(16)17)8(2)12-13/h4-7H2,1-3H3. The van der Waals surface area contributed by atoms with Crippen LogP contribution in [0.2, 0.25) is 0 Å². The Balaban J connectivity index is 2.70. The number of Topliss-reactive ketones (excluding diaryl/α,β-unsaturated/α-hetero) is 1. The van der Waals surface area contributed by atoms with Crippen molar-refractivity contribution < 1.29 is 9.72 Å². The van der Waals surface area contributed by atoms with Gasteiger partial charge in [0.05, 0.1) is 4.92 Å². The van der Waals surface area contributed by atoms with Crippen molar-refractivity contribution in [3.63, 3.8) is 0 Å². The minimum absolute atomic E-state index is 0.0758. The van der Waals surface area contributed by atoms with Gasteiger partial charge in [-0.2, -0.15) is 5.10 Å². The average Bonchev–Trinajstić information content (AvgIpc) is 2.53. The second-order valence-electron chi connectivity index (χ2n) is 4.00. The highest BCUT2D eigenvalue weighted by atomic mass is 16.6. The molecule has 6 heteroatoms. The number of hydrogen-bond acceptors (Lipinski definition) is 4. The van der Waals surface area contributed by atoms with E-state index in [1.165, 1.54) is 0 Å². The fourth-order valence-corrected chi connectivity index (χ4v) is 1.77. The van der Waals surface area contributed by atoms with Crippen molar-refractivity contribution in [2.45, 2.75) is 46.6 Å². The van der Waals surface area contributed by atoms with Crippen LogP contribution in [-0.4, -0.2) is 20.5 Å². The first kappa shape index (κ1) is 13.3. The van der Waals surface area contributed by atoms with Crippen LogP contribution in [0.15, 0.2) is 0 Å². The molecule has 0 N–H and O–H groups in total. The van der Waals surface area contributed by atoms with Gasteiger partial charge < -0.3 is 0 Å². The highest BCUT2D eigenvalue weighted by Crippen LogP contribution is 2.21. The first-order chi connectivity index (χ1) is 7.97. The zero-order valence-corrected chi connectivity index (χ0v) is 10.4. The molecule has 0 aromatic carbocycles. The van der Waals surface area contributed by atoms with Gasteiger partial charge in [-0.05, 0) is 20.3 Å². The van der Waals surface area contributed by atoms with Crippen molar-refractivity contribution >= 4 is 11.5 Å². The molecule has 1 heterocycles. The molecule has 94 valence electrons. The summed E-state index contributed by atoms with van der Waals surface area (Å²) in [6, 6.07) is 0. The molecule has 0 amide bonds. The highest BCUT2D eigenvalue weighted by molar-refractivity contribution is 5.77. The monoisotopic (exact) mass is 239 g/mol. The molecule has 0 spiro atoms. The number of carbonyl (C=O) groups is 1. The summed E-state index contributed by atoms with van der Waals surface area (Å²) in [5, 5.41) is 14.9. The lowest BCUT2D eigenvalue weighted by Crippen LogP contribution is -2.05. The van der Waals surface area contributed by atoms with Gasteiger partial charge in [-0.1, -0.05) is 6.92 Å². The molecule has 0 saturated carbocycles. The van der Waals surface area contributed by atoms with E-state index >= 15 is 0 Å². The van der Waals surface area contributed by atoms with E-state index in [4.69, 9.17) is 0 Å². The summed E-state index contributed by atoms with van der Waals surface area (Å²) in [5.41, 5.74) is 1.05. The summed E-state index contributed by atoms with van der Waals surface area (Å²) in [4.78, 5) is 21.5. The summed E-state index contributed by atoms with van der Waals surface area (Å²) in [5.74, 6) is 0.209. The van der Waals surface area contributed by atoms with Crippen molar-refractivity contribution in [2.75, 3.05) is 0 Å². The van der Waals surface area contributed by atoms with E-state index in [-0.39, 0.29) is 11.5 Å². The zero-order valence-electron chi connectivity index (χ0n) is 10.4. The van der Waals surface area contributed by atoms with E-state index in [2.05, 4.69) is 5.10 Å². The lowest BCUT2D eigenvalue weighted by molar-refractivity contribution is -0.386. The van der Waals surface area contributed by atoms with Crippen molar-refractivity contribution in [3.8, 4) is 0 Å². The number of hydrogen-bond donors (Lipinski definition) is 0. The van der Waals surface area contributed by atoms with E-state index in [1.807, 2.05) is 6.92 Å². The van der Waals surface area contributed by atoms with Crippen LogP contribution in [0.3, 0.4) is 0 Å². The van der Waals surface area contributed by atoms with Crippen molar-refractivity contribution in [2.24, 2.45) is 0 Å². The van der Waals surface area contributed by atoms with Crippen LogP contribution in [-0.2, 0) is 11.3 Å². The third-order valence-electron chi connectivity index (χ3n) is 2.75. The lowest BCUT2D eigenvalue weighted by Gasteiger charge is -2.02. The molecule has 0 fully saturated rings. The average molecular weight is 239 g/mol. The second kappa shape index (κ2) is 5.56. The van der Waals surface area contributed by atoms with E-state index in [1.54, 1.807) is 18.5 Å². The molecule has 0 unspecified atom stereocenters. The molecule has 17 heavy (non-hydrogen) atoms. The van der Waals surface area contributed by atoms with Crippen LogP contribution < -0.4 is 0 Å². The largest absolute Gasteiger partial charge is 0.312 e. The number of carbonyl (C=O) groups excluding carboxylic acids is 1. The normalized spacial score (nSPS) is 10.5. The number of nitrogens with zero attached hydrogens (tertiary/aromatic N) is 3. The van der Waals surface area contributed by atoms with Crippen LogP contribution in [0, 0.1) is 24.0 Å². The number of aryl methyl sites for hydroxylation is 2. The maximum absolute atomic E-state index is 11.1. The molecular formula is C11H17N3O3. The predicted molar refractivity (Wildman–Crippen MR) is 62.9 cm³/mol. The van der Waals surface area contributed by atoms with Gasteiger partial charge in [0.25, 0.3) is 0 Å². The summed E-state index contributed by atoms with van der Waals surface area (Å²) in [6.07, 6.45) is 1.71. The molecule has 1 aromatic rings. The molecule has 0 aliphatic carbocycles. The van der Waals surface area contributed by atoms with Crippen molar-refractivity contribution in [1.29, 1.82) is 0 Å². The van der Waals surface area contributed by atoms with Gasteiger partial charge in [-0.3, -0.25) is 19.6 Å². The van der Waals surface area contributed by atoms with Gasteiger partial charge in [0.1, 0.15) is 17.2 Å². The van der Waals surface area contributed by atoms with Gasteiger partial charge in [0, 0.05) is 19.4 Å². The molecule has 0 aliphatic heterocycles. The third-order valence-corrected chi connectivity index (χ3v) is 2.75. The topological polar surface area (TPSA) is 78.0 Å². The Morgan fingerprint density at radius 2 is 2.12 bits per heavy atom. The Labute approximate surface area is 99.8 Å². The minimum atomic E-state index is -0.411. The molecule has 6 nitrogen and oxygen atoms in total. The van der Waals surface area contributed by atoms with Crippen LogP contribution in [0.1, 0.15) is 37.6 Å². The summed E-state index contributed by atoms with van der Waals surface area (Å²) >= 11 is 0. The maximum Gasteiger partial charge on any atom is 0.312 e. The van der Waals surface area contributed by atoms with Gasteiger partial charge in [-0.25, -0.2) is 0 Å². The molecule has 0 aliphatic rings. The minimum Gasteiger partial charge on any atom is -0.300 e. The third kappa shape index (κ3) is 3.12. The lowest BCUT2D eigenvalue weighted by atomic mass is 10.2. The van der Waals surface area contributed by atoms with E-state index < -0.39 is 4.92 Å². The molecule has 1 aromatic heterocycles. The molecule has 0 saturated heterocycles. The second-order valence-corrected chi connectivity index (χ2v) is 4.00. The fraction of sp³-hybridized carbons (Fsp3) is 0.636. The fourth-order valence-electron chi connectivity index (χ4n) is 1.77. The van der Waals surface area contributed by atoms with E-state index in [0.717, 1.165) is 0 Å². The number of aromatic nitrogens is 2. The Hall–Kier alpha value is -1.72. The van der Waals surface area contributed by atoms with Crippen LogP contribution in [0.5, 0.6) is 0 Å². The van der Waals surface area contributed by atoms with Crippen LogP contribution >= 0.6 is 0 Å². The number of rotatable bonds is 6. The smallest absolute Gasteiger partial charge is 0.300 e. The van der Waals surface area contributed by atoms with Crippen molar-refractivity contribution in [1.82, 2.24) is 9.78 Å². The molecular weight excluding hydrogens is 222 g/mol. The van der Waals surface area contributed by atoms with Gasteiger partial charge >= 0.3 is 5.69 Å². The summed E-state index contributed by atoms with van der Waals surface area (Å²) in [6.45, 7) is 5.68. The van der Waals surface area contributed by atoms with E-state index in [0.29, 0.717) is 37.2 Å². The number of ketones is 1. The summed E-state index contributed by atoms with van der Waals surface area (Å²) in [7, 11) is 0. The van der Waals surface area contributed by atoms with Crippen LogP contribution in [0.4, 0.5) is 5.69 Å². The molecule has 0 atom stereocenters. The zero-order chi connectivity index (χ0) is 13.0. The predicted octanol–water partition coefficient (Wildman–Crippen LogP) is 2.17. The molecule has 0 bridgehead atoms. The molecule has 1 rings (SSSR count). The van der Waals surface area contributed by atoms with Gasteiger partial charge in [0.15, 0.2) is 0 Å². The summed E-state index contributed by atoms with van der Waals surface area (Å²) < 4.78 is 1.61. The SMILES string of the molecule is CCC(=O)CCCn1nc(C)c([N+](=O)[O-])c1C. The maximum atomic E-state index is 11.1. The Morgan fingerprint density at radius 1 is 1.47 bits per heavy atom. The Morgan fingerprint density at radius 3 is 2.59 bits per heavy atom. The highest BCUT2D eigenvalue weighted by Gasteiger charge is 2.21. The number of nitro groups is 1. The van der Waals surface area contributed by atoms with Crippen molar-refractivity contribution in [3.05, 3.63) is 21.5 Å². The Kier molecular flexibility index (Phi) is 4.37. The van der Waals surface area contributed by atoms with Gasteiger partial charge in [0.2, 0.25) is 0 Å². The Bertz CT molecular complexity index is 437.